The standard InChI is InChI=1S/C28H25ClF3N3O/c1-16-4-10-21(17(2)33-16)26(36)19-7-11-24-22(15-19)25(29)23(27(34-24)35-12-3-13-35)14-18-5-8-20(9-6-18)28(30,31)32/h4-11,15,26,36H,3,12-14H2,1-2H3. The summed E-state index contributed by atoms with van der Waals surface area (Å²) in [6, 6.07) is 14.4. The summed E-state index contributed by atoms with van der Waals surface area (Å²) in [7, 11) is 0. The Balaban J connectivity index is 1.57. The normalized spacial score (nSPS) is 14.7. The molecule has 1 fully saturated rings. The molecule has 4 nitrogen and oxygen atoms in total. The summed E-state index contributed by atoms with van der Waals surface area (Å²) in [6.45, 7) is 5.47. The molecule has 4 aromatic rings. The predicted molar refractivity (Wildman–Crippen MR) is 136 cm³/mol. The van der Waals surface area contributed by atoms with Crippen molar-refractivity contribution in [2.24, 2.45) is 0 Å². The highest BCUT2D eigenvalue weighted by atomic mass is 35.5. The summed E-state index contributed by atoms with van der Waals surface area (Å²) in [6.07, 6.45) is -3.87. The van der Waals surface area contributed by atoms with Gasteiger partial charge in [-0.3, -0.25) is 4.98 Å². The minimum absolute atomic E-state index is 0.347. The number of pyridine rings is 2. The van der Waals surface area contributed by atoms with E-state index in [4.69, 9.17) is 16.6 Å². The summed E-state index contributed by atoms with van der Waals surface area (Å²) in [5.74, 6) is 0.755. The number of aromatic nitrogens is 2. The van der Waals surface area contributed by atoms with Gasteiger partial charge >= 0.3 is 6.18 Å². The van der Waals surface area contributed by atoms with Gasteiger partial charge in [-0.1, -0.05) is 35.9 Å². The van der Waals surface area contributed by atoms with Crippen LogP contribution < -0.4 is 4.90 Å². The molecule has 0 amide bonds. The van der Waals surface area contributed by atoms with E-state index in [1.807, 2.05) is 44.2 Å². The first-order valence-corrected chi connectivity index (χ1v) is 12.1. The molecule has 36 heavy (non-hydrogen) atoms. The molecular weight excluding hydrogens is 487 g/mol. The van der Waals surface area contributed by atoms with Crippen molar-refractivity contribution >= 4 is 28.3 Å². The largest absolute Gasteiger partial charge is 0.416 e. The van der Waals surface area contributed by atoms with Gasteiger partial charge in [-0.15, -0.1) is 0 Å². The third-order valence-electron chi connectivity index (χ3n) is 6.71. The van der Waals surface area contributed by atoms with Crippen LogP contribution in [0.4, 0.5) is 19.0 Å². The van der Waals surface area contributed by atoms with Crippen LogP contribution in [-0.2, 0) is 12.6 Å². The van der Waals surface area contributed by atoms with Crippen LogP contribution in [0.1, 0.15) is 51.7 Å². The van der Waals surface area contributed by atoms with E-state index in [2.05, 4.69) is 9.88 Å². The SMILES string of the molecule is Cc1ccc(C(O)c2ccc3nc(N4CCC4)c(Cc4ccc(C(F)(F)F)cc4)c(Cl)c3c2)c(C)n1. The number of hydrogen-bond acceptors (Lipinski definition) is 4. The Labute approximate surface area is 212 Å². The van der Waals surface area contributed by atoms with Crippen LogP contribution in [0, 0.1) is 13.8 Å². The van der Waals surface area contributed by atoms with Gasteiger partial charge in [-0.05, 0) is 61.7 Å². The highest BCUT2D eigenvalue weighted by molar-refractivity contribution is 6.36. The third kappa shape index (κ3) is 4.65. The van der Waals surface area contributed by atoms with E-state index in [-0.39, 0.29) is 0 Å². The lowest BCUT2D eigenvalue weighted by Crippen LogP contribution is -2.38. The van der Waals surface area contributed by atoms with Crippen molar-refractivity contribution in [3.8, 4) is 0 Å². The van der Waals surface area contributed by atoms with Crippen molar-refractivity contribution in [2.45, 2.75) is 39.0 Å². The molecule has 8 heteroatoms. The molecule has 1 aliphatic rings. The highest BCUT2D eigenvalue weighted by Gasteiger charge is 2.30. The summed E-state index contributed by atoms with van der Waals surface area (Å²) in [5.41, 5.74) is 4.50. The first kappa shape index (κ1) is 24.5. The first-order chi connectivity index (χ1) is 17.1. The molecule has 1 N–H and O–H groups in total. The second-order valence-corrected chi connectivity index (χ2v) is 9.62. The molecule has 3 heterocycles. The van der Waals surface area contributed by atoms with Crippen molar-refractivity contribution in [1.82, 2.24) is 9.97 Å². The number of benzene rings is 2. The topological polar surface area (TPSA) is 49.3 Å². The molecule has 0 bridgehead atoms. The lowest BCUT2D eigenvalue weighted by molar-refractivity contribution is -0.137. The summed E-state index contributed by atoms with van der Waals surface area (Å²) in [4.78, 5) is 11.5. The number of aryl methyl sites for hydroxylation is 2. The number of aliphatic hydroxyl groups is 1. The van der Waals surface area contributed by atoms with Crippen molar-refractivity contribution < 1.29 is 18.3 Å². The van der Waals surface area contributed by atoms with Gasteiger partial charge in [0, 0.05) is 47.4 Å². The van der Waals surface area contributed by atoms with Crippen LogP contribution in [-0.4, -0.2) is 28.2 Å². The maximum atomic E-state index is 13.0. The Kier molecular flexibility index (Phi) is 6.39. The number of rotatable bonds is 5. The Morgan fingerprint density at radius 2 is 1.72 bits per heavy atom. The molecule has 0 saturated carbocycles. The third-order valence-corrected chi connectivity index (χ3v) is 7.14. The van der Waals surface area contributed by atoms with E-state index in [0.29, 0.717) is 39.0 Å². The zero-order valence-corrected chi connectivity index (χ0v) is 20.7. The minimum atomic E-state index is -4.38. The molecule has 1 atom stereocenters. The van der Waals surface area contributed by atoms with Gasteiger partial charge in [0.05, 0.1) is 16.1 Å². The lowest BCUT2D eigenvalue weighted by Gasteiger charge is -2.34. The average molecular weight is 512 g/mol. The van der Waals surface area contributed by atoms with E-state index < -0.39 is 17.8 Å². The molecule has 0 aliphatic carbocycles. The Bertz CT molecular complexity index is 1430. The van der Waals surface area contributed by atoms with Gasteiger partial charge in [-0.25, -0.2) is 4.98 Å². The zero-order valence-electron chi connectivity index (χ0n) is 19.9. The van der Waals surface area contributed by atoms with Gasteiger partial charge in [0.1, 0.15) is 11.9 Å². The summed E-state index contributed by atoms with van der Waals surface area (Å²) >= 11 is 6.96. The van der Waals surface area contributed by atoms with Crippen LogP contribution in [0.2, 0.25) is 5.02 Å². The predicted octanol–water partition coefficient (Wildman–Crippen LogP) is 6.80. The molecule has 1 aliphatic heterocycles. The van der Waals surface area contributed by atoms with Crippen LogP contribution in [0.15, 0.2) is 54.6 Å². The fourth-order valence-electron chi connectivity index (χ4n) is 4.57. The molecule has 0 radical (unpaired) electrons. The fraction of sp³-hybridized carbons (Fsp3) is 0.286. The maximum Gasteiger partial charge on any atom is 0.416 e. The smallest absolute Gasteiger partial charge is 0.384 e. The Morgan fingerprint density at radius 1 is 1.00 bits per heavy atom. The number of alkyl halides is 3. The number of anilines is 1. The van der Waals surface area contributed by atoms with E-state index in [0.717, 1.165) is 54.4 Å². The van der Waals surface area contributed by atoms with E-state index in [9.17, 15) is 18.3 Å². The molecule has 5 rings (SSSR count). The van der Waals surface area contributed by atoms with Crippen LogP contribution >= 0.6 is 11.6 Å². The van der Waals surface area contributed by atoms with Gasteiger partial charge in [-0.2, -0.15) is 13.2 Å². The van der Waals surface area contributed by atoms with Gasteiger partial charge in [0.25, 0.3) is 0 Å². The number of aliphatic hydroxyl groups excluding tert-OH is 1. The van der Waals surface area contributed by atoms with E-state index in [1.54, 1.807) is 0 Å². The van der Waals surface area contributed by atoms with Crippen molar-refractivity contribution in [1.29, 1.82) is 0 Å². The van der Waals surface area contributed by atoms with Crippen LogP contribution in [0.25, 0.3) is 10.9 Å². The number of halogens is 4. The monoisotopic (exact) mass is 511 g/mol. The number of nitrogens with zero attached hydrogens (tertiary/aromatic N) is 3. The Hall–Kier alpha value is -3.16. The quantitative estimate of drug-likeness (QED) is 0.320. The number of hydrogen-bond donors (Lipinski definition) is 1. The molecular formula is C28H25ClF3N3O. The second-order valence-electron chi connectivity index (χ2n) is 9.25. The van der Waals surface area contributed by atoms with Crippen LogP contribution in [0.3, 0.4) is 0 Å². The minimum Gasteiger partial charge on any atom is -0.384 e. The fourth-order valence-corrected chi connectivity index (χ4v) is 4.87. The summed E-state index contributed by atoms with van der Waals surface area (Å²) in [5, 5.41) is 12.3. The van der Waals surface area contributed by atoms with Crippen molar-refractivity contribution in [2.75, 3.05) is 18.0 Å². The molecule has 0 spiro atoms. The second kappa shape index (κ2) is 9.37. The first-order valence-electron chi connectivity index (χ1n) is 11.8. The van der Waals surface area contributed by atoms with E-state index >= 15 is 0 Å². The molecule has 186 valence electrons. The number of fused-ring (bicyclic) bond motifs is 1. The molecule has 2 aromatic heterocycles. The zero-order chi connectivity index (χ0) is 25.6. The van der Waals surface area contributed by atoms with Gasteiger partial charge in [0.2, 0.25) is 0 Å². The lowest BCUT2D eigenvalue weighted by atomic mass is 9.96. The molecule has 1 unspecified atom stereocenters. The Morgan fingerprint density at radius 3 is 2.33 bits per heavy atom. The van der Waals surface area contributed by atoms with Crippen LogP contribution in [0.5, 0.6) is 0 Å². The van der Waals surface area contributed by atoms with Gasteiger partial charge < -0.3 is 10.0 Å². The highest BCUT2D eigenvalue weighted by Crippen LogP contribution is 2.38. The maximum absolute atomic E-state index is 13.0. The van der Waals surface area contributed by atoms with Crippen molar-refractivity contribution in [3.63, 3.8) is 0 Å². The summed E-state index contributed by atoms with van der Waals surface area (Å²) < 4.78 is 39.0. The van der Waals surface area contributed by atoms with Crippen molar-refractivity contribution in [3.05, 3.63) is 98.8 Å². The van der Waals surface area contributed by atoms with Gasteiger partial charge in [0.15, 0.2) is 0 Å². The molecule has 2 aromatic carbocycles. The average Bonchev–Trinajstić information content (AvgIpc) is 2.79. The molecule has 1 saturated heterocycles. The van der Waals surface area contributed by atoms with E-state index in [1.165, 1.54) is 12.1 Å².